The minimum absolute atomic E-state index is 0.0315. The van der Waals surface area contributed by atoms with E-state index in [-0.39, 0.29) is 22.5 Å². The van der Waals surface area contributed by atoms with Crippen molar-refractivity contribution in [1.82, 2.24) is 9.88 Å². The van der Waals surface area contributed by atoms with E-state index in [4.69, 9.17) is 0 Å². The van der Waals surface area contributed by atoms with Crippen LogP contribution in [0.1, 0.15) is 19.8 Å². The number of rotatable bonds is 2. The Labute approximate surface area is 140 Å². The summed E-state index contributed by atoms with van der Waals surface area (Å²) in [4.78, 5) is 30.4. The van der Waals surface area contributed by atoms with E-state index < -0.39 is 6.04 Å². The second-order valence-corrected chi connectivity index (χ2v) is 8.42. The van der Waals surface area contributed by atoms with Gasteiger partial charge in [-0.2, -0.15) is 0 Å². The zero-order valence-corrected chi connectivity index (χ0v) is 14.0. The number of amides is 2. The van der Waals surface area contributed by atoms with Gasteiger partial charge >= 0.3 is 0 Å². The van der Waals surface area contributed by atoms with Crippen molar-refractivity contribution in [3.8, 4) is 0 Å². The van der Waals surface area contributed by atoms with E-state index >= 15 is 0 Å². The molecule has 5 nitrogen and oxygen atoms in total. The summed E-state index contributed by atoms with van der Waals surface area (Å²) < 4.78 is 13.9. The van der Waals surface area contributed by atoms with Gasteiger partial charge in [0, 0.05) is 12.2 Å². The standard InChI is InChI=1S/C15H14FN3O2S2/c1-15-5-4-12(20)19(15)10(7-22-15)13(21)18-14-17-9-3-2-8(16)6-11(9)23-14/h2-3,6,10H,4-5,7H2,1H3,(H,17,18,21)/t10-,15-/m0/s1. The maximum Gasteiger partial charge on any atom is 0.249 e. The van der Waals surface area contributed by atoms with Crippen LogP contribution in [0.15, 0.2) is 18.2 Å². The zero-order valence-electron chi connectivity index (χ0n) is 12.3. The van der Waals surface area contributed by atoms with Gasteiger partial charge in [0.2, 0.25) is 11.8 Å². The maximum absolute atomic E-state index is 13.2. The van der Waals surface area contributed by atoms with Crippen LogP contribution in [0.25, 0.3) is 10.2 Å². The highest BCUT2D eigenvalue weighted by atomic mass is 32.2. The van der Waals surface area contributed by atoms with Gasteiger partial charge in [-0.15, -0.1) is 11.8 Å². The van der Waals surface area contributed by atoms with Gasteiger partial charge in [-0.25, -0.2) is 9.37 Å². The monoisotopic (exact) mass is 351 g/mol. The Hall–Kier alpha value is -1.67. The molecule has 2 atom stereocenters. The minimum atomic E-state index is -0.469. The molecule has 2 aliphatic heterocycles. The summed E-state index contributed by atoms with van der Waals surface area (Å²) in [5, 5.41) is 3.21. The van der Waals surface area contributed by atoms with Crippen molar-refractivity contribution in [1.29, 1.82) is 0 Å². The highest BCUT2D eigenvalue weighted by Crippen LogP contribution is 2.47. The first kappa shape index (κ1) is 14.9. The van der Waals surface area contributed by atoms with E-state index in [9.17, 15) is 14.0 Å². The lowest BCUT2D eigenvalue weighted by Crippen LogP contribution is -2.48. The molecule has 23 heavy (non-hydrogen) atoms. The number of hydrogen-bond donors (Lipinski definition) is 1. The predicted molar refractivity (Wildman–Crippen MR) is 88.9 cm³/mol. The van der Waals surface area contributed by atoms with Gasteiger partial charge in [0.1, 0.15) is 11.9 Å². The van der Waals surface area contributed by atoms with Crippen LogP contribution >= 0.6 is 23.1 Å². The number of hydrogen-bond acceptors (Lipinski definition) is 5. The predicted octanol–water partition coefficient (Wildman–Crippen LogP) is 2.83. The Kier molecular flexibility index (Phi) is 3.35. The molecule has 2 aliphatic rings. The first-order valence-corrected chi connectivity index (χ1v) is 9.10. The summed E-state index contributed by atoms with van der Waals surface area (Å²) in [6.07, 6.45) is 1.27. The third-order valence-electron chi connectivity index (χ3n) is 4.33. The molecular formula is C15H14FN3O2S2. The number of halogens is 1. The Balaban J connectivity index is 1.56. The lowest BCUT2D eigenvalue weighted by Gasteiger charge is -2.29. The summed E-state index contributed by atoms with van der Waals surface area (Å²) in [7, 11) is 0. The second-order valence-electron chi connectivity index (χ2n) is 5.89. The smallest absolute Gasteiger partial charge is 0.249 e. The molecule has 8 heteroatoms. The van der Waals surface area contributed by atoms with Crippen LogP contribution in [0.2, 0.25) is 0 Å². The quantitative estimate of drug-likeness (QED) is 0.904. The van der Waals surface area contributed by atoms with Gasteiger partial charge < -0.3 is 10.2 Å². The normalized spacial score (nSPS) is 26.8. The van der Waals surface area contributed by atoms with Crippen LogP contribution in [-0.2, 0) is 9.59 Å². The third kappa shape index (κ3) is 2.40. The molecule has 1 aromatic heterocycles. The van der Waals surface area contributed by atoms with E-state index in [2.05, 4.69) is 10.3 Å². The van der Waals surface area contributed by atoms with E-state index in [1.807, 2.05) is 6.92 Å². The lowest BCUT2D eigenvalue weighted by atomic mass is 10.2. The summed E-state index contributed by atoms with van der Waals surface area (Å²) in [6.45, 7) is 2.01. The zero-order chi connectivity index (χ0) is 16.2. The van der Waals surface area contributed by atoms with Crippen LogP contribution in [0.4, 0.5) is 9.52 Å². The van der Waals surface area contributed by atoms with Gasteiger partial charge in [-0.05, 0) is 31.5 Å². The highest BCUT2D eigenvalue weighted by molar-refractivity contribution is 8.01. The molecule has 2 saturated heterocycles. The Morgan fingerprint density at radius 2 is 2.35 bits per heavy atom. The molecule has 120 valence electrons. The first-order valence-electron chi connectivity index (χ1n) is 7.29. The molecule has 2 fully saturated rings. The van der Waals surface area contributed by atoms with Gasteiger partial charge in [0.15, 0.2) is 5.13 Å². The lowest BCUT2D eigenvalue weighted by molar-refractivity contribution is -0.135. The summed E-state index contributed by atoms with van der Waals surface area (Å²) in [6, 6.07) is 3.86. The highest BCUT2D eigenvalue weighted by Gasteiger charge is 2.52. The number of nitrogens with zero attached hydrogens (tertiary/aromatic N) is 2. The fourth-order valence-corrected chi connectivity index (χ4v) is 5.48. The molecule has 4 rings (SSSR count). The number of anilines is 1. The number of benzene rings is 1. The molecule has 0 radical (unpaired) electrons. The van der Waals surface area contributed by atoms with Crippen LogP contribution in [0.3, 0.4) is 0 Å². The van der Waals surface area contributed by atoms with Crippen LogP contribution in [-0.4, -0.2) is 38.4 Å². The van der Waals surface area contributed by atoms with Crippen molar-refractivity contribution in [2.24, 2.45) is 0 Å². The van der Waals surface area contributed by atoms with Gasteiger partial charge in [0.05, 0.1) is 15.1 Å². The van der Waals surface area contributed by atoms with Crippen molar-refractivity contribution >= 4 is 50.3 Å². The van der Waals surface area contributed by atoms with E-state index in [1.54, 1.807) is 22.7 Å². The van der Waals surface area contributed by atoms with Crippen molar-refractivity contribution in [2.45, 2.75) is 30.7 Å². The Morgan fingerprint density at radius 3 is 3.17 bits per heavy atom. The third-order valence-corrected chi connectivity index (χ3v) is 6.77. The topological polar surface area (TPSA) is 62.3 Å². The van der Waals surface area contributed by atoms with E-state index in [1.165, 1.54) is 23.5 Å². The van der Waals surface area contributed by atoms with Crippen molar-refractivity contribution in [3.05, 3.63) is 24.0 Å². The van der Waals surface area contributed by atoms with Crippen molar-refractivity contribution in [2.75, 3.05) is 11.1 Å². The number of nitrogens with one attached hydrogen (secondary N) is 1. The van der Waals surface area contributed by atoms with Gasteiger partial charge in [0.25, 0.3) is 0 Å². The maximum atomic E-state index is 13.2. The van der Waals surface area contributed by atoms with Crippen molar-refractivity contribution in [3.63, 3.8) is 0 Å². The number of carbonyl (C=O) groups is 2. The molecule has 0 saturated carbocycles. The van der Waals surface area contributed by atoms with Crippen LogP contribution in [0, 0.1) is 5.82 Å². The minimum Gasteiger partial charge on any atom is -0.315 e. The van der Waals surface area contributed by atoms with Gasteiger partial charge in [-0.1, -0.05) is 11.3 Å². The Bertz CT molecular complexity index is 824. The van der Waals surface area contributed by atoms with Crippen LogP contribution < -0.4 is 5.32 Å². The largest absolute Gasteiger partial charge is 0.315 e. The molecule has 0 unspecified atom stereocenters. The average Bonchev–Trinajstić information content (AvgIpc) is 3.12. The first-order chi connectivity index (χ1) is 11.0. The molecule has 1 aromatic carbocycles. The molecule has 0 spiro atoms. The molecule has 0 aliphatic carbocycles. The summed E-state index contributed by atoms with van der Waals surface area (Å²) >= 11 is 2.88. The molecule has 3 heterocycles. The number of aromatic nitrogens is 1. The Morgan fingerprint density at radius 1 is 1.52 bits per heavy atom. The SMILES string of the molecule is C[C@]12CCC(=O)N1[C@H](C(=O)Nc1nc3ccc(F)cc3s1)CS2. The number of fused-ring (bicyclic) bond motifs is 2. The molecule has 2 aromatic rings. The number of thiazole rings is 1. The van der Waals surface area contributed by atoms with Crippen molar-refractivity contribution < 1.29 is 14.0 Å². The molecular weight excluding hydrogens is 337 g/mol. The molecule has 0 bridgehead atoms. The fraction of sp³-hybridized carbons (Fsp3) is 0.400. The van der Waals surface area contributed by atoms with Gasteiger partial charge in [-0.3, -0.25) is 9.59 Å². The van der Waals surface area contributed by atoms with E-state index in [0.717, 1.165) is 6.42 Å². The van der Waals surface area contributed by atoms with Crippen LogP contribution in [0.5, 0.6) is 0 Å². The summed E-state index contributed by atoms with van der Waals surface area (Å²) in [5.41, 5.74) is 0.648. The summed E-state index contributed by atoms with van der Waals surface area (Å²) in [5.74, 6) is 0.0674. The number of thioether (sulfide) groups is 1. The average molecular weight is 351 g/mol. The fourth-order valence-electron chi connectivity index (χ4n) is 3.16. The number of carbonyl (C=O) groups excluding carboxylic acids is 2. The molecule has 1 N–H and O–H groups in total. The molecule has 2 amide bonds. The van der Waals surface area contributed by atoms with E-state index in [0.29, 0.717) is 27.5 Å². The second kappa shape index (κ2) is 5.17.